The number of carbonyl (C=O) groups excluding carboxylic acids is 1. The minimum Gasteiger partial charge on any atom is -0.483 e. The second kappa shape index (κ2) is 6.97. The lowest BCUT2D eigenvalue weighted by molar-refractivity contribution is -0.128. The summed E-state index contributed by atoms with van der Waals surface area (Å²) in [7, 11) is 0. The van der Waals surface area contributed by atoms with Crippen molar-refractivity contribution < 1.29 is 9.53 Å². The van der Waals surface area contributed by atoms with E-state index in [0.717, 1.165) is 23.5 Å². The maximum absolute atomic E-state index is 12.7. The first-order valence-corrected chi connectivity index (χ1v) is 12.0. The first kappa shape index (κ1) is 17.3. The topological polar surface area (TPSA) is 38.3 Å². The molecule has 140 valence electrons. The van der Waals surface area contributed by atoms with Crippen LogP contribution in [0.3, 0.4) is 0 Å². The Morgan fingerprint density at radius 2 is 1.65 bits per heavy atom. The van der Waals surface area contributed by atoms with Crippen molar-refractivity contribution in [3.8, 4) is 5.75 Å². The van der Waals surface area contributed by atoms with Gasteiger partial charge in [0.1, 0.15) is 5.75 Å². The molecule has 0 atom stereocenters. The monoisotopic (exact) mass is 389 g/mol. The van der Waals surface area contributed by atoms with E-state index in [0.29, 0.717) is 4.58 Å². The molecular weight excluding hydrogens is 362 g/mol. The summed E-state index contributed by atoms with van der Waals surface area (Å²) in [6, 6.07) is 8.21. The molecule has 4 bridgehead atoms. The van der Waals surface area contributed by atoms with Crippen LogP contribution in [0.5, 0.6) is 5.75 Å². The lowest BCUT2D eigenvalue weighted by Crippen LogP contribution is -2.60. The van der Waals surface area contributed by atoms with Crippen LogP contribution in [0.15, 0.2) is 24.3 Å². The third-order valence-corrected chi connectivity index (χ3v) is 9.66. The Kier molecular flexibility index (Phi) is 4.64. The van der Waals surface area contributed by atoms with Crippen LogP contribution < -0.4 is 10.1 Å². The Morgan fingerprint density at radius 3 is 2.31 bits per heavy atom. The molecule has 4 saturated carbocycles. The molecular formula is C21H27NO2S2. The molecule has 5 fully saturated rings. The summed E-state index contributed by atoms with van der Waals surface area (Å²) in [5, 5.41) is 3.41. The number of para-hydroxylation sites is 1. The van der Waals surface area contributed by atoms with Crippen molar-refractivity contribution >= 4 is 29.4 Å². The van der Waals surface area contributed by atoms with Crippen LogP contribution in [0.1, 0.15) is 48.7 Å². The van der Waals surface area contributed by atoms with Gasteiger partial charge in [-0.25, -0.2) is 0 Å². The quantitative estimate of drug-likeness (QED) is 0.797. The Balaban J connectivity index is 1.22. The molecule has 26 heavy (non-hydrogen) atoms. The van der Waals surface area contributed by atoms with E-state index in [9.17, 15) is 4.79 Å². The first-order valence-electron chi connectivity index (χ1n) is 9.95. The van der Waals surface area contributed by atoms with Gasteiger partial charge in [0.05, 0.1) is 4.58 Å². The molecule has 1 heterocycles. The molecule has 5 aliphatic rings. The van der Waals surface area contributed by atoms with Crippen molar-refractivity contribution in [2.45, 2.75) is 48.6 Å². The second-order valence-corrected chi connectivity index (χ2v) is 11.4. The van der Waals surface area contributed by atoms with Gasteiger partial charge in [-0.15, -0.1) is 23.5 Å². The van der Waals surface area contributed by atoms with Crippen molar-refractivity contribution in [1.82, 2.24) is 5.32 Å². The Morgan fingerprint density at radius 1 is 1.04 bits per heavy atom. The van der Waals surface area contributed by atoms with Gasteiger partial charge in [0.25, 0.3) is 5.91 Å². The summed E-state index contributed by atoms with van der Waals surface area (Å²) in [4.78, 5) is 12.7. The minimum absolute atomic E-state index is 0.0634. The average Bonchev–Trinajstić information content (AvgIpc) is 3.13. The van der Waals surface area contributed by atoms with Crippen LogP contribution in [-0.4, -0.2) is 29.6 Å². The molecule has 0 unspecified atom stereocenters. The molecule has 0 radical (unpaired) electrons. The predicted molar refractivity (Wildman–Crippen MR) is 109 cm³/mol. The Hall–Kier alpha value is -0.810. The highest BCUT2D eigenvalue weighted by atomic mass is 32.2. The summed E-state index contributed by atoms with van der Waals surface area (Å²) in [5.74, 6) is 5.86. The number of carbonyl (C=O) groups is 1. The normalized spacial score (nSPS) is 35.6. The van der Waals surface area contributed by atoms with Gasteiger partial charge in [-0.3, -0.25) is 4.79 Å². The molecule has 1 saturated heterocycles. The summed E-state index contributed by atoms with van der Waals surface area (Å²) in [5.41, 5.74) is 1.30. The van der Waals surface area contributed by atoms with Gasteiger partial charge in [0.2, 0.25) is 0 Å². The van der Waals surface area contributed by atoms with Gasteiger partial charge < -0.3 is 10.1 Å². The van der Waals surface area contributed by atoms with E-state index in [1.807, 2.05) is 35.7 Å². The number of ether oxygens (including phenoxy) is 1. The van der Waals surface area contributed by atoms with E-state index in [1.165, 1.54) is 55.6 Å². The number of nitrogens with one attached hydrogen (secondary N) is 1. The molecule has 5 heteroatoms. The molecule has 0 spiro atoms. The fourth-order valence-electron chi connectivity index (χ4n) is 6.08. The lowest BCUT2D eigenvalue weighted by atomic mass is 9.53. The first-order chi connectivity index (χ1) is 12.7. The highest BCUT2D eigenvalue weighted by molar-refractivity contribution is 8.19. The van der Waals surface area contributed by atoms with E-state index in [2.05, 4.69) is 17.4 Å². The molecule has 3 nitrogen and oxygen atoms in total. The fraction of sp³-hybridized carbons (Fsp3) is 0.667. The molecule has 1 amide bonds. The SMILES string of the molecule is O=C(COc1ccccc1C1SCCS1)NC12CC3CC(CC(C3)C1)C2. The van der Waals surface area contributed by atoms with Crippen molar-refractivity contribution in [2.24, 2.45) is 17.8 Å². The average molecular weight is 390 g/mol. The van der Waals surface area contributed by atoms with Crippen molar-refractivity contribution in [3.63, 3.8) is 0 Å². The van der Waals surface area contributed by atoms with E-state index in [-0.39, 0.29) is 18.1 Å². The molecule has 1 aliphatic heterocycles. The van der Waals surface area contributed by atoms with Crippen LogP contribution in [0.25, 0.3) is 0 Å². The van der Waals surface area contributed by atoms with Gasteiger partial charge in [0, 0.05) is 22.6 Å². The molecule has 6 rings (SSSR count). The van der Waals surface area contributed by atoms with Gasteiger partial charge >= 0.3 is 0 Å². The number of rotatable bonds is 5. The molecule has 0 aromatic heterocycles. The third kappa shape index (κ3) is 3.37. The third-order valence-electron chi connectivity index (χ3n) is 6.60. The summed E-state index contributed by atoms with van der Waals surface area (Å²) >= 11 is 3.94. The zero-order valence-corrected chi connectivity index (χ0v) is 16.7. The molecule has 4 aliphatic carbocycles. The number of amides is 1. The zero-order chi connectivity index (χ0) is 17.6. The Bertz CT molecular complexity index is 651. The van der Waals surface area contributed by atoms with E-state index in [4.69, 9.17) is 4.74 Å². The minimum atomic E-state index is 0.0634. The molecule has 1 N–H and O–H groups in total. The van der Waals surface area contributed by atoms with Gasteiger partial charge in [-0.2, -0.15) is 0 Å². The molecule has 1 aromatic carbocycles. The van der Waals surface area contributed by atoms with Gasteiger partial charge in [-0.05, 0) is 62.3 Å². The smallest absolute Gasteiger partial charge is 0.258 e. The standard InChI is InChI=1S/C21H27NO2S2/c23-19(22-21-10-14-7-15(11-21)9-16(8-14)12-21)13-24-18-4-2-1-3-17(18)20-25-5-6-26-20/h1-4,14-16,20H,5-13H2,(H,22,23). The fourth-order valence-corrected chi connectivity index (χ4v) is 8.99. The zero-order valence-electron chi connectivity index (χ0n) is 15.1. The van der Waals surface area contributed by atoms with Crippen molar-refractivity contribution in [1.29, 1.82) is 0 Å². The van der Waals surface area contributed by atoms with E-state index in [1.54, 1.807) is 0 Å². The Labute approximate surface area is 164 Å². The van der Waals surface area contributed by atoms with Crippen LogP contribution in [0.2, 0.25) is 0 Å². The van der Waals surface area contributed by atoms with Crippen molar-refractivity contribution in [2.75, 3.05) is 18.1 Å². The highest BCUT2D eigenvalue weighted by Crippen LogP contribution is 2.55. The van der Waals surface area contributed by atoms with E-state index < -0.39 is 0 Å². The highest BCUT2D eigenvalue weighted by Gasteiger charge is 2.51. The van der Waals surface area contributed by atoms with Gasteiger partial charge in [0.15, 0.2) is 6.61 Å². The van der Waals surface area contributed by atoms with Crippen LogP contribution in [0, 0.1) is 17.8 Å². The second-order valence-electron chi connectivity index (χ2n) is 8.65. The molecule has 1 aromatic rings. The predicted octanol–water partition coefficient (Wildman–Crippen LogP) is 4.63. The maximum atomic E-state index is 12.7. The van der Waals surface area contributed by atoms with Crippen LogP contribution >= 0.6 is 23.5 Å². The summed E-state index contributed by atoms with van der Waals surface area (Å²) < 4.78 is 6.43. The van der Waals surface area contributed by atoms with Crippen LogP contribution in [0.4, 0.5) is 0 Å². The summed E-state index contributed by atoms with van der Waals surface area (Å²) in [6.07, 6.45) is 7.77. The largest absolute Gasteiger partial charge is 0.483 e. The number of hydrogen-bond donors (Lipinski definition) is 1. The number of thioether (sulfide) groups is 2. The number of benzene rings is 1. The summed E-state index contributed by atoms with van der Waals surface area (Å²) in [6.45, 7) is 0.140. The van der Waals surface area contributed by atoms with Crippen molar-refractivity contribution in [3.05, 3.63) is 29.8 Å². The van der Waals surface area contributed by atoms with Crippen LogP contribution in [-0.2, 0) is 4.79 Å². The van der Waals surface area contributed by atoms with Gasteiger partial charge in [-0.1, -0.05) is 18.2 Å². The maximum Gasteiger partial charge on any atom is 0.258 e. The van der Waals surface area contributed by atoms with E-state index >= 15 is 0 Å². The lowest BCUT2D eigenvalue weighted by Gasteiger charge is -2.56. The number of hydrogen-bond acceptors (Lipinski definition) is 4.